The van der Waals surface area contributed by atoms with Crippen molar-refractivity contribution >= 4 is 47.6 Å². The second kappa shape index (κ2) is 27.2. The van der Waals surface area contributed by atoms with Crippen LogP contribution in [-0.4, -0.2) is 244 Å². The highest BCUT2D eigenvalue weighted by atomic mass is 16.7. The van der Waals surface area contributed by atoms with Gasteiger partial charge in [0, 0.05) is 51.4 Å². The molecule has 5 heterocycles. The molecule has 0 spiro atoms. The number of carbonyl (C=O) groups excluding carboxylic acids is 8. The van der Waals surface area contributed by atoms with Gasteiger partial charge in [0.15, 0.2) is 141 Å². The molecule has 25 N–H and O–H groups in total. The van der Waals surface area contributed by atoms with Crippen LogP contribution in [0, 0.1) is 5.92 Å². The number of aromatic hydroxyl groups is 23. The molecule has 43 nitrogen and oxygen atoms in total. The molecular formula is C69H50O43. The van der Waals surface area contributed by atoms with Gasteiger partial charge in [-0.05, 0) is 48.5 Å². The van der Waals surface area contributed by atoms with Gasteiger partial charge < -0.3 is 175 Å². The van der Waals surface area contributed by atoms with Crippen LogP contribution >= 0.6 is 0 Å². The number of rotatable bonds is 6. The third-order valence-corrected chi connectivity index (χ3v) is 18.4. The molecule has 112 heavy (non-hydrogen) atoms. The molecule has 10 unspecified atom stereocenters. The molecule has 2 saturated heterocycles. The first-order valence-electron chi connectivity index (χ1n) is 31.5. The lowest BCUT2D eigenvalue weighted by Gasteiger charge is -2.43. The number of aliphatic hydroxyl groups is 2. The van der Waals surface area contributed by atoms with Gasteiger partial charge in [-0.15, -0.1) is 0 Å². The third-order valence-electron chi connectivity index (χ3n) is 18.4. The number of hydrogen-bond donors (Lipinski definition) is 25. The van der Waals surface area contributed by atoms with E-state index >= 15 is 9.59 Å². The molecule has 5 aliphatic rings. The number of ether oxygens (including phenoxy) is 10. The highest BCUT2D eigenvalue weighted by molar-refractivity contribution is 6.13. The zero-order chi connectivity index (χ0) is 81.5. The summed E-state index contributed by atoms with van der Waals surface area (Å²) in [4.78, 5) is 117. The first-order valence-corrected chi connectivity index (χ1v) is 31.5. The molecule has 8 aromatic carbocycles. The molecule has 10 atom stereocenters. The normalized spacial score (nSPS) is 21.4. The first-order chi connectivity index (χ1) is 52.7. The average Bonchev–Trinajstić information content (AvgIpc) is 1.02. The van der Waals surface area contributed by atoms with Crippen LogP contribution in [0.1, 0.15) is 89.3 Å². The van der Waals surface area contributed by atoms with E-state index in [9.17, 15) is 156 Å². The molecule has 0 radical (unpaired) electrons. The largest absolute Gasteiger partial charge is 0.504 e. The SMILES string of the molecule is O=C(OC1C(OC(=O)c2cc(O)c(O)c(O)c2Oc2cc3c(c(O)c2O)-c2c(cc(O)c(O)c2O)C(=O)OC2C(CC3=O)C(O)OC3COC(=O)c4cc(O)c(O)c(O)c4-c4c(cc(O)c(O)c4O)C(=O)OC32)C(O)OC2COC(=O)c3cc(O)c(O)c(O)c3-c3c(cc(O)c(O)c3O)C(=O)OC21)c1cc(O)c(O)c(O)c1. The van der Waals surface area contributed by atoms with Gasteiger partial charge in [-0.3, -0.25) is 4.79 Å². The number of Topliss-reactive ketones (excluding diaryl/α,β-unsaturated/α-hetero) is 1. The molecule has 13 rings (SSSR count). The fourth-order valence-electron chi connectivity index (χ4n) is 13.0. The standard InChI is InChI=1S/C69H50O43/c70-22-8-21-56(57-32(106-67(21)100)11-103-62(95)15-3-25(73)41(80)48(87)35(15)38-18(65(98)109-57)6-28(76)44(83)51(38)90)108-64(97)17-5-27(75)43(82)50(89)37(17)34-14(22)10-31(47(86)53(34)92)105-55-20(9-30(78)46(85)54(55)93)68(101)112-60-59(111-61(94)13-1-23(71)40(79)24(72)2-13)58-33(107-69(60)102)12-104-63(96)16-4-26(74)42(81)49(88)36(16)39-19(66(99)110-58)7-29(77)45(84)52(39)91/h1-7,9-10,21,32-33,56-60,67,69,71-93,100,102H,8,11-12H2. The Hall–Kier alpha value is -15.2. The topological polar surface area (TPSA) is 735 Å². The van der Waals surface area contributed by atoms with Crippen molar-refractivity contribution < 1.29 is 213 Å². The van der Waals surface area contributed by atoms with E-state index in [2.05, 4.69) is 0 Å². The van der Waals surface area contributed by atoms with E-state index in [1.165, 1.54) is 0 Å². The highest BCUT2D eigenvalue weighted by Crippen LogP contribution is 2.59. The number of ketones is 1. The zero-order valence-electron chi connectivity index (χ0n) is 55.1. The van der Waals surface area contributed by atoms with Crippen molar-refractivity contribution in [3.05, 3.63) is 99.1 Å². The molecule has 0 bridgehead atoms. The van der Waals surface area contributed by atoms with Crippen LogP contribution in [0.15, 0.2) is 54.6 Å². The van der Waals surface area contributed by atoms with Crippen LogP contribution in [0.5, 0.6) is 144 Å². The van der Waals surface area contributed by atoms with Gasteiger partial charge in [-0.2, -0.15) is 0 Å². The molecule has 584 valence electrons. The smallest absolute Gasteiger partial charge is 0.342 e. The van der Waals surface area contributed by atoms with Crippen molar-refractivity contribution in [3.63, 3.8) is 0 Å². The maximum absolute atomic E-state index is 15.3. The van der Waals surface area contributed by atoms with Crippen LogP contribution in [0.4, 0.5) is 0 Å². The summed E-state index contributed by atoms with van der Waals surface area (Å²) < 4.78 is 56.1. The zero-order valence-corrected chi connectivity index (χ0v) is 55.1. The lowest BCUT2D eigenvalue weighted by molar-refractivity contribution is -0.284. The second-order valence-electron chi connectivity index (χ2n) is 25.0. The predicted molar refractivity (Wildman–Crippen MR) is 348 cm³/mol. The summed E-state index contributed by atoms with van der Waals surface area (Å²) in [6, 6.07) is 3.24. The molecule has 0 saturated carbocycles. The van der Waals surface area contributed by atoms with Crippen LogP contribution < -0.4 is 4.74 Å². The molecule has 8 aromatic rings. The quantitative estimate of drug-likeness (QED) is 0.0645. The van der Waals surface area contributed by atoms with Gasteiger partial charge in [0.25, 0.3) is 0 Å². The Morgan fingerprint density at radius 1 is 0.330 bits per heavy atom. The van der Waals surface area contributed by atoms with E-state index in [1.807, 2.05) is 0 Å². The number of hydrogen-bond acceptors (Lipinski definition) is 43. The minimum Gasteiger partial charge on any atom is -0.504 e. The van der Waals surface area contributed by atoms with E-state index < -0.39 is 350 Å². The van der Waals surface area contributed by atoms with Crippen molar-refractivity contribution in [1.82, 2.24) is 0 Å². The van der Waals surface area contributed by atoms with Crippen molar-refractivity contribution in [2.45, 2.75) is 61.7 Å². The summed E-state index contributed by atoms with van der Waals surface area (Å²) in [5.41, 5.74) is -16.4. The Labute approximate surface area is 616 Å². The molecule has 0 amide bonds. The van der Waals surface area contributed by atoms with Gasteiger partial charge in [-0.25, -0.2) is 33.6 Å². The first kappa shape index (κ1) is 75.0. The summed E-state index contributed by atoms with van der Waals surface area (Å²) >= 11 is 0. The van der Waals surface area contributed by atoms with Crippen molar-refractivity contribution in [2.24, 2.45) is 5.92 Å². The summed E-state index contributed by atoms with van der Waals surface area (Å²) in [5, 5.41) is 276. The van der Waals surface area contributed by atoms with E-state index in [4.69, 9.17) is 47.4 Å². The fraction of sp³-hybridized carbons (Fsp3) is 0.188. The number of esters is 7. The van der Waals surface area contributed by atoms with E-state index in [0.29, 0.717) is 48.5 Å². The Morgan fingerprint density at radius 2 is 0.670 bits per heavy atom. The summed E-state index contributed by atoms with van der Waals surface area (Å²) in [6.45, 7) is -2.62. The second-order valence-corrected chi connectivity index (χ2v) is 25.0. The number of carbonyl (C=O) groups is 8. The summed E-state index contributed by atoms with van der Waals surface area (Å²) in [6.07, 6.45) is -24.3. The van der Waals surface area contributed by atoms with Crippen LogP contribution in [0.25, 0.3) is 33.4 Å². The Bertz CT molecular complexity index is 5480. The maximum atomic E-state index is 15.3. The molecule has 5 aliphatic heterocycles. The van der Waals surface area contributed by atoms with E-state index in [-0.39, 0.29) is 6.07 Å². The Kier molecular flexibility index (Phi) is 18.2. The summed E-state index contributed by atoms with van der Waals surface area (Å²) in [5.74, 6) is -53.5. The minimum absolute atomic E-state index is 0.173. The molecule has 43 heteroatoms. The van der Waals surface area contributed by atoms with Gasteiger partial charge in [0.2, 0.25) is 46.0 Å². The van der Waals surface area contributed by atoms with Gasteiger partial charge in [-0.1, -0.05) is 0 Å². The van der Waals surface area contributed by atoms with E-state index in [1.54, 1.807) is 0 Å². The number of fused-ring (bicyclic) bond motifs is 13. The van der Waals surface area contributed by atoms with Crippen molar-refractivity contribution in [2.75, 3.05) is 13.2 Å². The number of phenols is 23. The van der Waals surface area contributed by atoms with Crippen LogP contribution in [0.3, 0.4) is 0 Å². The maximum Gasteiger partial charge on any atom is 0.342 e. The van der Waals surface area contributed by atoms with Gasteiger partial charge in [0.05, 0.1) is 39.3 Å². The van der Waals surface area contributed by atoms with Crippen LogP contribution in [-0.2, 0) is 42.6 Å². The average molecular weight is 1570 g/mol. The monoisotopic (exact) mass is 1570 g/mol. The summed E-state index contributed by atoms with van der Waals surface area (Å²) in [7, 11) is 0. The van der Waals surface area contributed by atoms with E-state index in [0.717, 1.165) is 0 Å². The van der Waals surface area contributed by atoms with Crippen molar-refractivity contribution in [1.29, 1.82) is 0 Å². The fourth-order valence-corrected chi connectivity index (χ4v) is 13.0. The molecule has 2 fully saturated rings. The number of cyclic esters (lactones) is 2. The van der Waals surface area contributed by atoms with Gasteiger partial charge >= 0.3 is 41.8 Å². The minimum atomic E-state index is -2.87. The highest BCUT2D eigenvalue weighted by Gasteiger charge is 2.56. The molecular weight excluding hydrogens is 1520 g/mol. The predicted octanol–water partition coefficient (Wildman–Crippen LogP) is 2.41. The number of phenolic OH excluding ortho intramolecular Hbond substituents is 23. The Balaban J connectivity index is 0.906. The lowest BCUT2D eigenvalue weighted by Crippen LogP contribution is -2.62. The van der Waals surface area contributed by atoms with Gasteiger partial charge in [0.1, 0.15) is 37.1 Å². The molecule has 0 aromatic heterocycles. The molecule has 0 aliphatic carbocycles. The Morgan fingerprint density at radius 3 is 1.11 bits per heavy atom. The van der Waals surface area contributed by atoms with Crippen molar-refractivity contribution in [3.8, 4) is 177 Å². The lowest BCUT2D eigenvalue weighted by atomic mass is 9.82. The number of aliphatic hydroxyl groups excluding tert-OH is 2. The van der Waals surface area contributed by atoms with Crippen LogP contribution in [0.2, 0.25) is 0 Å². The number of benzene rings is 8. The third kappa shape index (κ3) is 12.1.